The molecule has 1 heterocycles. The lowest BCUT2D eigenvalue weighted by Gasteiger charge is -2.13. The van der Waals surface area contributed by atoms with Gasteiger partial charge in [-0.2, -0.15) is 0 Å². The quantitative estimate of drug-likeness (QED) is 0.757. The van der Waals surface area contributed by atoms with Gasteiger partial charge >= 0.3 is 0 Å². The molecule has 0 aromatic carbocycles. The molecule has 0 bridgehead atoms. The molecular weight excluding hydrogens is 280 g/mol. The van der Waals surface area contributed by atoms with Crippen molar-refractivity contribution < 1.29 is 17.6 Å². The van der Waals surface area contributed by atoms with Crippen LogP contribution in [0.4, 0.5) is 0 Å². The smallest absolute Gasteiger partial charge is 0.244 e. The predicted octanol–water partition coefficient (Wildman–Crippen LogP) is 1.32. The van der Waals surface area contributed by atoms with Crippen LogP contribution in [-0.4, -0.2) is 34.7 Å². The molecule has 0 saturated carbocycles. The summed E-state index contributed by atoms with van der Waals surface area (Å²) >= 11 is 0. The van der Waals surface area contributed by atoms with Crippen LogP contribution in [0.15, 0.2) is 9.31 Å². The first kappa shape index (κ1) is 17.2. The van der Waals surface area contributed by atoms with Crippen LogP contribution in [0.1, 0.15) is 30.9 Å². The number of rotatable bonds is 8. The minimum absolute atomic E-state index is 0.171. The van der Waals surface area contributed by atoms with Crippen LogP contribution in [0, 0.1) is 13.8 Å². The average Bonchev–Trinajstić information content (AvgIpc) is 2.63. The van der Waals surface area contributed by atoms with E-state index in [4.69, 9.17) is 9.15 Å². The maximum Gasteiger partial charge on any atom is 0.244 e. The number of aryl methyl sites for hydroxylation is 2. The minimum atomic E-state index is -3.60. The average molecular weight is 304 g/mol. The number of hydrogen-bond donors (Lipinski definition) is 2. The van der Waals surface area contributed by atoms with Gasteiger partial charge in [0.05, 0.1) is 6.10 Å². The van der Waals surface area contributed by atoms with Crippen molar-refractivity contribution in [2.75, 3.05) is 20.2 Å². The Hall–Kier alpha value is -0.890. The molecule has 1 aromatic heterocycles. The molecular formula is C13H24N2O4S. The molecule has 0 aliphatic rings. The van der Waals surface area contributed by atoms with Crippen molar-refractivity contribution in [2.24, 2.45) is 0 Å². The van der Waals surface area contributed by atoms with Crippen molar-refractivity contribution in [3.05, 3.63) is 17.1 Å². The molecule has 0 spiro atoms. The fraction of sp³-hybridized carbons (Fsp3) is 0.692. The summed E-state index contributed by atoms with van der Waals surface area (Å²) in [5.41, 5.74) is 0.668. The molecule has 0 aliphatic carbocycles. The molecule has 2 N–H and O–H groups in total. The van der Waals surface area contributed by atoms with Crippen LogP contribution in [0.2, 0.25) is 0 Å². The molecule has 1 atom stereocenters. The lowest BCUT2D eigenvalue weighted by atomic mass is 10.2. The molecule has 1 rings (SSSR count). The Labute approximate surface area is 120 Å². The SMILES string of the molecule is CCOC(C)CNS(=O)(=O)c1c(C)oc(C)c1CNC. The number of ether oxygens (including phenoxy) is 1. The van der Waals surface area contributed by atoms with Crippen LogP contribution in [-0.2, 0) is 21.3 Å². The monoisotopic (exact) mass is 304 g/mol. The van der Waals surface area contributed by atoms with Crippen LogP contribution in [0.3, 0.4) is 0 Å². The van der Waals surface area contributed by atoms with Crippen LogP contribution < -0.4 is 10.0 Å². The normalized spacial score (nSPS) is 13.7. The van der Waals surface area contributed by atoms with Gasteiger partial charge in [0.15, 0.2) is 0 Å². The van der Waals surface area contributed by atoms with E-state index in [2.05, 4.69) is 10.0 Å². The standard InChI is InChI=1S/C13H24N2O4S/c1-6-18-9(2)7-15-20(16,17)13-11(4)19-10(3)12(13)8-14-5/h9,14-15H,6-8H2,1-5H3. The summed E-state index contributed by atoms with van der Waals surface area (Å²) in [6.07, 6.45) is -0.171. The molecule has 116 valence electrons. The summed E-state index contributed by atoms with van der Waals surface area (Å²) in [7, 11) is -1.83. The molecule has 6 nitrogen and oxygen atoms in total. The Balaban J connectivity index is 2.97. The largest absolute Gasteiger partial charge is 0.465 e. The van der Waals surface area contributed by atoms with E-state index in [0.29, 0.717) is 30.2 Å². The van der Waals surface area contributed by atoms with E-state index < -0.39 is 10.0 Å². The second-order valence-electron chi connectivity index (χ2n) is 4.67. The van der Waals surface area contributed by atoms with Gasteiger partial charge in [0.2, 0.25) is 10.0 Å². The Morgan fingerprint density at radius 2 is 1.95 bits per heavy atom. The summed E-state index contributed by atoms with van der Waals surface area (Å²) in [5.74, 6) is 1.03. The summed E-state index contributed by atoms with van der Waals surface area (Å²) in [6.45, 7) is 8.36. The van der Waals surface area contributed by atoms with Crippen LogP contribution >= 0.6 is 0 Å². The van der Waals surface area contributed by atoms with Gasteiger partial charge < -0.3 is 14.5 Å². The summed E-state index contributed by atoms with van der Waals surface area (Å²) in [4.78, 5) is 0.230. The van der Waals surface area contributed by atoms with Gasteiger partial charge in [-0.1, -0.05) is 0 Å². The maximum absolute atomic E-state index is 12.4. The topological polar surface area (TPSA) is 80.6 Å². The van der Waals surface area contributed by atoms with Crippen molar-refractivity contribution in [1.29, 1.82) is 0 Å². The highest BCUT2D eigenvalue weighted by Crippen LogP contribution is 2.26. The number of sulfonamides is 1. The second kappa shape index (κ2) is 7.21. The molecule has 1 unspecified atom stereocenters. The predicted molar refractivity (Wildman–Crippen MR) is 77.2 cm³/mol. The third kappa shape index (κ3) is 4.05. The lowest BCUT2D eigenvalue weighted by Crippen LogP contribution is -2.33. The highest BCUT2D eigenvalue weighted by molar-refractivity contribution is 7.89. The van der Waals surface area contributed by atoms with Crippen molar-refractivity contribution in [3.8, 4) is 0 Å². The van der Waals surface area contributed by atoms with E-state index in [0.717, 1.165) is 0 Å². The zero-order chi connectivity index (χ0) is 15.3. The first-order valence-corrected chi connectivity index (χ1v) is 8.16. The first-order valence-electron chi connectivity index (χ1n) is 6.68. The van der Waals surface area contributed by atoms with Crippen LogP contribution in [0.25, 0.3) is 0 Å². The number of nitrogens with one attached hydrogen (secondary N) is 2. The molecule has 1 aromatic rings. The van der Waals surface area contributed by atoms with Gasteiger partial charge in [-0.15, -0.1) is 0 Å². The minimum Gasteiger partial charge on any atom is -0.465 e. The molecule has 0 fully saturated rings. The maximum atomic E-state index is 12.4. The fourth-order valence-corrected chi connectivity index (χ4v) is 3.64. The van der Waals surface area contributed by atoms with Gasteiger partial charge in [-0.3, -0.25) is 0 Å². The summed E-state index contributed by atoms with van der Waals surface area (Å²) in [6, 6.07) is 0. The third-order valence-corrected chi connectivity index (χ3v) is 4.58. The van der Waals surface area contributed by atoms with E-state index in [9.17, 15) is 8.42 Å². The van der Waals surface area contributed by atoms with Gasteiger partial charge in [-0.05, 0) is 34.7 Å². The fourth-order valence-electron chi connectivity index (χ4n) is 2.09. The molecule has 7 heteroatoms. The van der Waals surface area contributed by atoms with E-state index in [1.807, 2.05) is 13.8 Å². The first-order chi connectivity index (χ1) is 9.33. The lowest BCUT2D eigenvalue weighted by molar-refractivity contribution is 0.0799. The van der Waals surface area contributed by atoms with E-state index in [1.165, 1.54) is 0 Å². The summed E-state index contributed by atoms with van der Waals surface area (Å²) in [5, 5.41) is 2.96. The molecule has 20 heavy (non-hydrogen) atoms. The van der Waals surface area contributed by atoms with Gasteiger partial charge in [0, 0.05) is 25.3 Å². The zero-order valence-corrected chi connectivity index (χ0v) is 13.6. The molecule has 0 aliphatic heterocycles. The highest BCUT2D eigenvalue weighted by atomic mass is 32.2. The van der Waals surface area contributed by atoms with E-state index >= 15 is 0 Å². The number of furan rings is 1. The Morgan fingerprint density at radius 1 is 1.30 bits per heavy atom. The Kier molecular flexibility index (Phi) is 6.19. The van der Waals surface area contributed by atoms with Crippen molar-refractivity contribution in [2.45, 2.75) is 45.2 Å². The van der Waals surface area contributed by atoms with Gasteiger partial charge in [-0.25, -0.2) is 13.1 Å². The van der Waals surface area contributed by atoms with E-state index in [1.54, 1.807) is 20.9 Å². The number of hydrogen-bond acceptors (Lipinski definition) is 5. The van der Waals surface area contributed by atoms with Gasteiger partial charge in [0.1, 0.15) is 16.4 Å². The Bertz CT molecular complexity index is 537. The van der Waals surface area contributed by atoms with Crippen LogP contribution in [0.5, 0.6) is 0 Å². The zero-order valence-electron chi connectivity index (χ0n) is 12.7. The van der Waals surface area contributed by atoms with Crippen molar-refractivity contribution in [1.82, 2.24) is 10.0 Å². The molecule has 0 saturated heterocycles. The molecule has 0 amide bonds. The highest BCUT2D eigenvalue weighted by Gasteiger charge is 2.26. The Morgan fingerprint density at radius 3 is 2.50 bits per heavy atom. The van der Waals surface area contributed by atoms with Crippen molar-refractivity contribution >= 4 is 10.0 Å². The second-order valence-corrected chi connectivity index (χ2v) is 6.37. The molecule has 0 radical (unpaired) electrons. The third-order valence-electron chi connectivity index (χ3n) is 2.96. The van der Waals surface area contributed by atoms with Gasteiger partial charge in [0.25, 0.3) is 0 Å². The van der Waals surface area contributed by atoms with E-state index in [-0.39, 0.29) is 17.5 Å². The summed E-state index contributed by atoms with van der Waals surface area (Å²) < 4.78 is 38.2. The van der Waals surface area contributed by atoms with Crippen molar-refractivity contribution in [3.63, 3.8) is 0 Å².